The fourth-order valence-electron chi connectivity index (χ4n) is 2.36. The molecule has 0 aliphatic carbocycles. The number of unbranched alkanes of at least 4 members (excludes halogenated alkanes) is 8. The van der Waals surface area contributed by atoms with E-state index in [1.165, 1.54) is 19.3 Å². The molecule has 0 saturated carbocycles. The van der Waals surface area contributed by atoms with Gasteiger partial charge in [0.05, 0.1) is 6.10 Å². The van der Waals surface area contributed by atoms with Gasteiger partial charge in [0.15, 0.2) is 0 Å². The molecular formula is C18H33CaO3+. The predicted molar refractivity (Wildman–Crippen MR) is 91.6 cm³/mol. The number of carbonyl (C=O) groups excluding carboxylic acids is 1. The van der Waals surface area contributed by atoms with E-state index >= 15 is 0 Å². The SMILES string of the molecule is CCCCCC[C@@H](O)C/C=C\CCCCCCCC(=O)[O-].[Ca+2]. The van der Waals surface area contributed by atoms with Crippen LogP contribution in [0.3, 0.4) is 0 Å². The molecule has 4 heteroatoms. The van der Waals surface area contributed by atoms with E-state index in [4.69, 9.17) is 0 Å². The maximum absolute atomic E-state index is 10.2. The summed E-state index contributed by atoms with van der Waals surface area (Å²) in [6.07, 6.45) is 17.0. The summed E-state index contributed by atoms with van der Waals surface area (Å²) in [6.45, 7) is 2.20. The van der Waals surface area contributed by atoms with Crippen LogP contribution in [-0.4, -0.2) is 54.9 Å². The number of aliphatic hydroxyl groups excluding tert-OH is 1. The maximum Gasteiger partial charge on any atom is 2.00 e. The number of aliphatic hydroxyl groups is 1. The number of rotatable bonds is 15. The summed E-state index contributed by atoms with van der Waals surface area (Å²) in [7, 11) is 0. The van der Waals surface area contributed by atoms with Crippen molar-refractivity contribution in [3.63, 3.8) is 0 Å². The summed E-state index contributed by atoms with van der Waals surface area (Å²) in [5, 5.41) is 20.0. The Morgan fingerprint density at radius 3 is 2.32 bits per heavy atom. The normalized spacial score (nSPS) is 12.3. The summed E-state index contributed by atoms with van der Waals surface area (Å²) in [5.74, 6) is -0.939. The monoisotopic (exact) mass is 337 g/mol. The molecule has 1 atom stereocenters. The Bertz CT molecular complexity index is 267. The van der Waals surface area contributed by atoms with Gasteiger partial charge in [0, 0.05) is 5.97 Å². The minimum absolute atomic E-state index is 0. The van der Waals surface area contributed by atoms with Crippen LogP contribution in [0.15, 0.2) is 12.2 Å². The Labute approximate surface area is 166 Å². The van der Waals surface area contributed by atoms with Crippen LogP contribution < -0.4 is 5.11 Å². The fraction of sp³-hybridized carbons (Fsp3) is 0.833. The van der Waals surface area contributed by atoms with Gasteiger partial charge in [-0.3, -0.25) is 0 Å². The van der Waals surface area contributed by atoms with Crippen molar-refractivity contribution in [2.75, 3.05) is 0 Å². The molecule has 0 unspecified atom stereocenters. The van der Waals surface area contributed by atoms with Crippen molar-refractivity contribution in [1.29, 1.82) is 0 Å². The van der Waals surface area contributed by atoms with Crippen LogP contribution in [0, 0.1) is 0 Å². The number of carboxylic acid groups (broad SMARTS) is 1. The number of carbonyl (C=O) groups is 1. The first-order chi connectivity index (χ1) is 10.2. The minimum Gasteiger partial charge on any atom is -0.550 e. The molecule has 3 nitrogen and oxygen atoms in total. The first kappa shape index (κ1) is 24.7. The second-order valence-electron chi connectivity index (χ2n) is 5.89. The van der Waals surface area contributed by atoms with Crippen LogP contribution in [0.2, 0.25) is 0 Å². The molecule has 0 amide bonds. The van der Waals surface area contributed by atoms with Crippen LogP contribution in [0.4, 0.5) is 0 Å². The molecule has 1 N–H and O–H groups in total. The van der Waals surface area contributed by atoms with Gasteiger partial charge in [-0.15, -0.1) is 0 Å². The molecule has 0 aliphatic heterocycles. The Hall–Kier alpha value is 0.430. The zero-order valence-corrected chi connectivity index (χ0v) is 16.6. The summed E-state index contributed by atoms with van der Waals surface area (Å²) >= 11 is 0. The van der Waals surface area contributed by atoms with E-state index in [1.54, 1.807) is 0 Å². The first-order valence-corrected chi connectivity index (χ1v) is 8.69. The molecule has 0 aliphatic rings. The van der Waals surface area contributed by atoms with Gasteiger partial charge in [0.25, 0.3) is 0 Å². The molecule has 0 spiro atoms. The minimum atomic E-state index is -0.939. The topological polar surface area (TPSA) is 60.4 Å². The Morgan fingerprint density at radius 2 is 1.64 bits per heavy atom. The van der Waals surface area contributed by atoms with Crippen LogP contribution in [0.5, 0.6) is 0 Å². The average molecular weight is 338 g/mol. The molecule has 22 heavy (non-hydrogen) atoms. The van der Waals surface area contributed by atoms with Crippen LogP contribution in [0.1, 0.15) is 90.4 Å². The van der Waals surface area contributed by atoms with Crippen molar-refractivity contribution in [2.24, 2.45) is 0 Å². The number of aliphatic carboxylic acids is 1. The van der Waals surface area contributed by atoms with Crippen molar-refractivity contribution < 1.29 is 15.0 Å². The van der Waals surface area contributed by atoms with E-state index in [0.717, 1.165) is 57.8 Å². The number of allylic oxidation sites excluding steroid dienone is 1. The summed E-state index contributed by atoms with van der Waals surface area (Å²) < 4.78 is 0. The van der Waals surface area contributed by atoms with Gasteiger partial charge in [-0.2, -0.15) is 0 Å². The van der Waals surface area contributed by atoms with Crippen molar-refractivity contribution in [3.8, 4) is 0 Å². The third-order valence-corrected chi connectivity index (χ3v) is 3.72. The van der Waals surface area contributed by atoms with Gasteiger partial charge in [-0.05, 0) is 38.5 Å². The van der Waals surface area contributed by atoms with Crippen LogP contribution >= 0.6 is 0 Å². The molecule has 0 radical (unpaired) electrons. The summed E-state index contributed by atoms with van der Waals surface area (Å²) in [5.41, 5.74) is 0. The molecular weight excluding hydrogens is 304 g/mol. The Kier molecular flexibility index (Phi) is 21.8. The molecule has 0 saturated heterocycles. The second-order valence-corrected chi connectivity index (χ2v) is 5.89. The van der Waals surface area contributed by atoms with Crippen LogP contribution in [0.25, 0.3) is 0 Å². The van der Waals surface area contributed by atoms with E-state index in [0.29, 0.717) is 0 Å². The van der Waals surface area contributed by atoms with Gasteiger partial charge >= 0.3 is 37.7 Å². The van der Waals surface area contributed by atoms with E-state index < -0.39 is 5.97 Å². The quantitative estimate of drug-likeness (QED) is 0.283. The molecule has 0 aromatic heterocycles. The van der Waals surface area contributed by atoms with E-state index in [1.807, 2.05) is 0 Å². The summed E-state index contributed by atoms with van der Waals surface area (Å²) in [4.78, 5) is 10.2. The van der Waals surface area contributed by atoms with Crippen molar-refractivity contribution in [1.82, 2.24) is 0 Å². The average Bonchev–Trinajstić information content (AvgIpc) is 2.45. The van der Waals surface area contributed by atoms with E-state index in [2.05, 4.69) is 19.1 Å². The van der Waals surface area contributed by atoms with Gasteiger partial charge in [-0.25, -0.2) is 0 Å². The number of carboxylic acids is 1. The van der Waals surface area contributed by atoms with Gasteiger partial charge in [0.1, 0.15) is 0 Å². The largest absolute Gasteiger partial charge is 2.00 e. The van der Waals surface area contributed by atoms with Crippen molar-refractivity contribution in [2.45, 2.75) is 96.5 Å². The van der Waals surface area contributed by atoms with Gasteiger partial charge in [0.2, 0.25) is 0 Å². The molecule has 0 aromatic carbocycles. The molecule has 0 heterocycles. The zero-order valence-electron chi connectivity index (χ0n) is 14.4. The van der Waals surface area contributed by atoms with Gasteiger partial charge in [-0.1, -0.05) is 64.0 Å². The molecule has 0 aromatic rings. The number of hydrogen-bond donors (Lipinski definition) is 1. The smallest absolute Gasteiger partial charge is 0.550 e. The maximum atomic E-state index is 10.2. The molecule has 0 fully saturated rings. The Balaban J connectivity index is 0. The van der Waals surface area contributed by atoms with Crippen LogP contribution in [-0.2, 0) is 4.79 Å². The van der Waals surface area contributed by atoms with E-state index in [-0.39, 0.29) is 50.3 Å². The van der Waals surface area contributed by atoms with Gasteiger partial charge < -0.3 is 15.0 Å². The summed E-state index contributed by atoms with van der Waals surface area (Å²) in [6, 6.07) is 0. The standard InChI is InChI=1S/C18H34O3.Ca/c1-2-3-4-11-14-17(19)15-12-9-7-5-6-8-10-13-16-18(20)21;/h9,12,17,19H,2-8,10-11,13-16H2,1H3,(H,20,21);/q;+2/p-1/b12-9-;/t17-;/m1./s1. The fourth-order valence-corrected chi connectivity index (χ4v) is 2.36. The first-order valence-electron chi connectivity index (χ1n) is 8.69. The zero-order chi connectivity index (χ0) is 15.8. The third-order valence-electron chi connectivity index (χ3n) is 3.72. The molecule has 124 valence electrons. The molecule has 0 bridgehead atoms. The molecule has 0 rings (SSSR count). The van der Waals surface area contributed by atoms with E-state index in [9.17, 15) is 15.0 Å². The third kappa shape index (κ3) is 20.4. The second kappa shape index (κ2) is 19.5. The Morgan fingerprint density at radius 1 is 1.00 bits per heavy atom. The van der Waals surface area contributed by atoms with Crippen molar-refractivity contribution >= 4 is 43.7 Å². The predicted octanol–water partition coefficient (Wildman–Crippen LogP) is 3.36. The number of hydrogen-bond acceptors (Lipinski definition) is 3. The van der Waals surface area contributed by atoms with Crippen molar-refractivity contribution in [3.05, 3.63) is 12.2 Å².